The fourth-order valence-corrected chi connectivity index (χ4v) is 3.50. The summed E-state index contributed by atoms with van der Waals surface area (Å²) in [5.41, 5.74) is 1.89. The molecule has 6 heteroatoms. The molecule has 1 saturated heterocycles. The molecule has 0 unspecified atom stereocenters. The van der Waals surface area contributed by atoms with Gasteiger partial charge in [-0.15, -0.1) is 0 Å². The van der Waals surface area contributed by atoms with Crippen LogP contribution in [0.4, 0.5) is 0 Å². The number of methoxy groups -OCH3 is 1. The zero-order valence-electron chi connectivity index (χ0n) is 12.6. The topological polar surface area (TPSA) is 46.1 Å². The summed E-state index contributed by atoms with van der Waals surface area (Å²) in [5.74, 6) is 0.633. The second-order valence-corrected chi connectivity index (χ2v) is 5.98. The monoisotopic (exact) mass is 306 g/mol. The Balaban J connectivity index is 1.90. The molecule has 0 spiro atoms. The van der Waals surface area contributed by atoms with Crippen LogP contribution in [-0.4, -0.2) is 46.2 Å². The molecule has 2 aromatic heterocycles. The Bertz CT molecular complexity index is 670. The van der Waals surface area contributed by atoms with Gasteiger partial charge in [0.1, 0.15) is 0 Å². The van der Waals surface area contributed by atoms with E-state index in [1.165, 1.54) is 13.0 Å². The standard InChI is InChI=1S/C15H22N4OS/c1-3-8-18-9-6-11(7-10-18)19-14-12(16-15(19)21)4-5-13(17-14)20-2/h4-5,11H,3,6-10H2,1-2H3,(H,16,21). The van der Waals surface area contributed by atoms with Crippen molar-refractivity contribution in [2.45, 2.75) is 32.2 Å². The summed E-state index contributed by atoms with van der Waals surface area (Å²) >= 11 is 5.51. The second kappa shape index (κ2) is 6.15. The molecular formula is C15H22N4OS. The highest BCUT2D eigenvalue weighted by molar-refractivity contribution is 7.71. The first kappa shape index (κ1) is 14.5. The smallest absolute Gasteiger partial charge is 0.215 e. The number of fused-ring (bicyclic) bond motifs is 1. The maximum Gasteiger partial charge on any atom is 0.215 e. The molecule has 1 fully saturated rings. The number of imidazole rings is 1. The Morgan fingerprint density at radius 1 is 1.38 bits per heavy atom. The lowest BCUT2D eigenvalue weighted by atomic mass is 10.0. The summed E-state index contributed by atoms with van der Waals surface area (Å²) in [7, 11) is 1.64. The average molecular weight is 306 g/mol. The van der Waals surface area contributed by atoms with Crippen molar-refractivity contribution in [3.63, 3.8) is 0 Å². The van der Waals surface area contributed by atoms with Crippen LogP contribution in [0.2, 0.25) is 0 Å². The van der Waals surface area contributed by atoms with Crippen LogP contribution in [0.25, 0.3) is 11.2 Å². The van der Waals surface area contributed by atoms with Crippen LogP contribution in [0.3, 0.4) is 0 Å². The van der Waals surface area contributed by atoms with Gasteiger partial charge in [-0.2, -0.15) is 4.98 Å². The van der Waals surface area contributed by atoms with Crippen LogP contribution in [-0.2, 0) is 0 Å². The maximum absolute atomic E-state index is 5.51. The minimum atomic E-state index is 0.430. The SMILES string of the molecule is CCCN1CCC(n2c(=S)[nH]c3ccc(OC)nc32)CC1. The quantitative estimate of drug-likeness (QED) is 0.882. The minimum Gasteiger partial charge on any atom is -0.481 e. The molecule has 2 aromatic rings. The largest absolute Gasteiger partial charge is 0.481 e. The predicted molar refractivity (Wildman–Crippen MR) is 86.5 cm³/mol. The summed E-state index contributed by atoms with van der Waals surface area (Å²) in [6.07, 6.45) is 3.47. The molecule has 0 amide bonds. The number of H-pyrrole nitrogens is 1. The molecule has 1 N–H and O–H groups in total. The van der Waals surface area contributed by atoms with E-state index >= 15 is 0 Å². The molecule has 3 heterocycles. The Morgan fingerprint density at radius 3 is 2.81 bits per heavy atom. The molecule has 114 valence electrons. The highest BCUT2D eigenvalue weighted by Gasteiger charge is 2.22. The van der Waals surface area contributed by atoms with Crippen molar-refractivity contribution >= 4 is 23.4 Å². The first-order chi connectivity index (χ1) is 10.2. The van der Waals surface area contributed by atoms with Gasteiger partial charge in [0.15, 0.2) is 10.4 Å². The molecule has 0 atom stereocenters. The third-order valence-corrected chi connectivity index (χ3v) is 4.51. The Labute approximate surface area is 129 Å². The zero-order valence-corrected chi connectivity index (χ0v) is 13.4. The van der Waals surface area contributed by atoms with Crippen LogP contribution in [0.5, 0.6) is 5.88 Å². The van der Waals surface area contributed by atoms with Gasteiger partial charge in [0.05, 0.1) is 12.6 Å². The third kappa shape index (κ3) is 2.82. The summed E-state index contributed by atoms with van der Waals surface area (Å²) in [6, 6.07) is 4.28. The number of aromatic nitrogens is 3. The van der Waals surface area contributed by atoms with Crippen molar-refractivity contribution in [1.82, 2.24) is 19.4 Å². The van der Waals surface area contributed by atoms with E-state index in [0.717, 1.165) is 41.9 Å². The van der Waals surface area contributed by atoms with Crippen molar-refractivity contribution < 1.29 is 4.74 Å². The summed E-state index contributed by atoms with van der Waals surface area (Å²) in [4.78, 5) is 10.4. The number of nitrogens with zero attached hydrogens (tertiary/aromatic N) is 3. The molecule has 1 aliphatic heterocycles. The molecule has 0 saturated carbocycles. The maximum atomic E-state index is 5.51. The Kier molecular flexibility index (Phi) is 4.26. The van der Waals surface area contributed by atoms with Gasteiger partial charge >= 0.3 is 0 Å². The number of nitrogens with one attached hydrogen (secondary N) is 1. The van der Waals surface area contributed by atoms with Crippen LogP contribution >= 0.6 is 12.2 Å². The number of rotatable bonds is 4. The zero-order chi connectivity index (χ0) is 14.8. The predicted octanol–water partition coefficient (Wildman–Crippen LogP) is 3.15. The molecule has 5 nitrogen and oxygen atoms in total. The lowest BCUT2D eigenvalue weighted by Crippen LogP contribution is -2.35. The Morgan fingerprint density at radius 2 is 2.14 bits per heavy atom. The molecule has 0 aromatic carbocycles. The normalized spacial score (nSPS) is 17.4. The number of hydrogen-bond acceptors (Lipinski definition) is 4. The summed E-state index contributed by atoms with van der Waals surface area (Å²) < 4.78 is 8.18. The van der Waals surface area contributed by atoms with Gasteiger partial charge in [-0.25, -0.2) is 0 Å². The molecule has 0 radical (unpaired) electrons. The van der Waals surface area contributed by atoms with Crippen LogP contribution < -0.4 is 4.74 Å². The van der Waals surface area contributed by atoms with Gasteiger partial charge < -0.3 is 14.6 Å². The van der Waals surface area contributed by atoms with Gasteiger partial charge in [0.25, 0.3) is 0 Å². The third-order valence-electron chi connectivity index (χ3n) is 4.21. The molecule has 0 aliphatic carbocycles. The van der Waals surface area contributed by atoms with Crippen molar-refractivity contribution in [3.8, 4) is 5.88 Å². The minimum absolute atomic E-state index is 0.430. The van der Waals surface area contributed by atoms with Gasteiger partial charge in [0, 0.05) is 25.2 Å². The number of likely N-dealkylation sites (tertiary alicyclic amines) is 1. The van der Waals surface area contributed by atoms with E-state index < -0.39 is 0 Å². The van der Waals surface area contributed by atoms with Crippen LogP contribution in [0.15, 0.2) is 12.1 Å². The van der Waals surface area contributed by atoms with Gasteiger partial charge in [0.2, 0.25) is 5.88 Å². The highest BCUT2D eigenvalue weighted by Crippen LogP contribution is 2.27. The van der Waals surface area contributed by atoms with Crippen molar-refractivity contribution in [2.24, 2.45) is 0 Å². The molecule has 3 rings (SSSR count). The first-order valence-electron chi connectivity index (χ1n) is 7.60. The average Bonchev–Trinajstić information content (AvgIpc) is 2.83. The summed E-state index contributed by atoms with van der Waals surface area (Å²) in [5, 5.41) is 0. The van der Waals surface area contributed by atoms with E-state index in [1.54, 1.807) is 7.11 Å². The number of aromatic amines is 1. The molecule has 0 bridgehead atoms. The van der Waals surface area contributed by atoms with E-state index in [2.05, 4.69) is 26.4 Å². The van der Waals surface area contributed by atoms with Crippen molar-refractivity contribution in [1.29, 1.82) is 0 Å². The van der Waals surface area contributed by atoms with E-state index in [9.17, 15) is 0 Å². The molecule has 1 aliphatic rings. The lowest BCUT2D eigenvalue weighted by Gasteiger charge is -2.32. The number of piperidine rings is 1. The molecule has 21 heavy (non-hydrogen) atoms. The van der Waals surface area contributed by atoms with Crippen LogP contribution in [0, 0.1) is 4.77 Å². The van der Waals surface area contributed by atoms with E-state index in [-0.39, 0.29) is 0 Å². The summed E-state index contributed by atoms with van der Waals surface area (Å²) in [6.45, 7) is 5.70. The number of pyridine rings is 1. The second-order valence-electron chi connectivity index (χ2n) is 5.60. The Hall–Kier alpha value is -1.40. The van der Waals surface area contributed by atoms with Crippen molar-refractivity contribution in [3.05, 3.63) is 16.9 Å². The lowest BCUT2D eigenvalue weighted by molar-refractivity contribution is 0.187. The van der Waals surface area contributed by atoms with Crippen LogP contribution in [0.1, 0.15) is 32.2 Å². The van der Waals surface area contributed by atoms with Gasteiger partial charge in [-0.05, 0) is 44.1 Å². The van der Waals surface area contributed by atoms with E-state index in [1.807, 2.05) is 12.1 Å². The fraction of sp³-hybridized carbons (Fsp3) is 0.600. The van der Waals surface area contributed by atoms with Crippen molar-refractivity contribution in [2.75, 3.05) is 26.7 Å². The van der Waals surface area contributed by atoms with E-state index in [4.69, 9.17) is 17.0 Å². The first-order valence-corrected chi connectivity index (χ1v) is 8.01. The number of ether oxygens (including phenoxy) is 1. The van der Waals surface area contributed by atoms with Gasteiger partial charge in [-0.1, -0.05) is 6.92 Å². The molecular weight excluding hydrogens is 284 g/mol. The fourth-order valence-electron chi connectivity index (χ4n) is 3.15. The van der Waals surface area contributed by atoms with E-state index in [0.29, 0.717) is 11.9 Å². The van der Waals surface area contributed by atoms with Gasteiger partial charge in [-0.3, -0.25) is 4.57 Å². The number of hydrogen-bond donors (Lipinski definition) is 1. The highest BCUT2D eigenvalue weighted by atomic mass is 32.1.